The molecule has 0 amide bonds. The lowest BCUT2D eigenvalue weighted by molar-refractivity contribution is -0.275. The Morgan fingerprint density at radius 1 is 1.44 bits per heavy atom. The van der Waals surface area contributed by atoms with Crippen LogP contribution in [-0.2, 0) is 6.54 Å². The minimum atomic E-state index is -4.84. The van der Waals surface area contributed by atoms with Gasteiger partial charge in [0.25, 0.3) is 0 Å². The third-order valence-corrected chi connectivity index (χ3v) is 1.77. The summed E-state index contributed by atoms with van der Waals surface area (Å²) in [7, 11) is 1.19. The molecule has 0 aliphatic rings. The molecule has 1 aromatic heterocycles. The van der Waals surface area contributed by atoms with Crippen LogP contribution < -0.4 is 20.9 Å². The summed E-state index contributed by atoms with van der Waals surface area (Å²) in [6.45, 7) is -0.235. The number of pyridine rings is 1. The highest BCUT2D eigenvalue weighted by molar-refractivity contribution is 5.55. The monoisotopic (exact) mass is 237 g/mol. The van der Waals surface area contributed by atoms with Gasteiger partial charge in [-0.3, -0.25) is 0 Å². The molecule has 0 spiro atoms. The summed E-state index contributed by atoms with van der Waals surface area (Å²) in [6.07, 6.45) is -3.80. The largest absolute Gasteiger partial charge is 0.573 e. The molecule has 16 heavy (non-hydrogen) atoms. The van der Waals surface area contributed by atoms with E-state index in [1.165, 1.54) is 7.11 Å². The smallest absolute Gasteiger partial charge is 0.491 e. The van der Waals surface area contributed by atoms with Gasteiger partial charge < -0.3 is 20.9 Å². The third kappa shape index (κ3) is 2.66. The molecule has 8 heteroatoms. The van der Waals surface area contributed by atoms with E-state index in [1.54, 1.807) is 0 Å². The zero-order valence-corrected chi connectivity index (χ0v) is 8.34. The number of rotatable bonds is 3. The molecule has 0 radical (unpaired) electrons. The summed E-state index contributed by atoms with van der Waals surface area (Å²) in [5, 5.41) is 0. The highest BCUT2D eigenvalue weighted by Crippen LogP contribution is 2.36. The van der Waals surface area contributed by atoms with Crippen molar-refractivity contribution < 1.29 is 22.6 Å². The molecule has 0 aliphatic heterocycles. The second kappa shape index (κ2) is 4.44. The molecule has 1 heterocycles. The summed E-state index contributed by atoms with van der Waals surface area (Å²) >= 11 is 0. The third-order valence-electron chi connectivity index (χ3n) is 1.77. The summed E-state index contributed by atoms with van der Waals surface area (Å²) in [4.78, 5) is 3.64. The standard InChI is InChI=1S/C8H10F3N3O2/c1-15-5-3-14-7(13)4(2-12)6(5)16-8(9,10)11/h3H,2,12H2,1H3,(H2,13,14). The fraction of sp³-hybridized carbons (Fsp3) is 0.375. The number of aromatic nitrogens is 1. The first-order valence-electron chi connectivity index (χ1n) is 4.16. The van der Waals surface area contributed by atoms with Crippen LogP contribution in [0.25, 0.3) is 0 Å². The Morgan fingerprint density at radius 3 is 2.50 bits per heavy atom. The van der Waals surface area contributed by atoms with Crippen molar-refractivity contribution in [2.45, 2.75) is 12.9 Å². The Bertz CT molecular complexity index is 382. The van der Waals surface area contributed by atoms with Gasteiger partial charge in [0.15, 0.2) is 11.5 Å². The summed E-state index contributed by atoms with van der Waals surface area (Å²) in [5.74, 6) is -0.848. The maximum absolute atomic E-state index is 12.1. The lowest BCUT2D eigenvalue weighted by Crippen LogP contribution is -2.20. The van der Waals surface area contributed by atoms with E-state index in [2.05, 4.69) is 9.72 Å². The van der Waals surface area contributed by atoms with E-state index in [9.17, 15) is 13.2 Å². The predicted molar refractivity (Wildman–Crippen MR) is 49.8 cm³/mol. The highest BCUT2D eigenvalue weighted by Gasteiger charge is 2.34. The van der Waals surface area contributed by atoms with Crippen LogP contribution in [0.3, 0.4) is 0 Å². The van der Waals surface area contributed by atoms with E-state index in [1.807, 2.05) is 0 Å². The molecular weight excluding hydrogens is 227 g/mol. The number of nitrogen functional groups attached to an aromatic ring is 1. The van der Waals surface area contributed by atoms with Crippen molar-refractivity contribution in [3.63, 3.8) is 0 Å². The van der Waals surface area contributed by atoms with Gasteiger partial charge in [-0.15, -0.1) is 13.2 Å². The van der Waals surface area contributed by atoms with E-state index >= 15 is 0 Å². The van der Waals surface area contributed by atoms with Gasteiger partial charge in [0.1, 0.15) is 5.82 Å². The van der Waals surface area contributed by atoms with E-state index in [4.69, 9.17) is 16.2 Å². The number of nitrogens with two attached hydrogens (primary N) is 2. The number of methoxy groups -OCH3 is 1. The van der Waals surface area contributed by atoms with Gasteiger partial charge in [0.2, 0.25) is 0 Å². The zero-order valence-electron chi connectivity index (χ0n) is 8.34. The maximum Gasteiger partial charge on any atom is 0.573 e. The SMILES string of the molecule is COc1cnc(N)c(CN)c1OC(F)(F)F. The molecule has 90 valence electrons. The van der Waals surface area contributed by atoms with E-state index in [0.717, 1.165) is 6.20 Å². The van der Waals surface area contributed by atoms with Crippen molar-refractivity contribution in [2.24, 2.45) is 5.73 Å². The van der Waals surface area contributed by atoms with Gasteiger partial charge in [-0.05, 0) is 0 Å². The molecule has 0 atom stereocenters. The van der Waals surface area contributed by atoms with Crippen LogP contribution in [0.5, 0.6) is 11.5 Å². The van der Waals surface area contributed by atoms with Crippen molar-refractivity contribution in [2.75, 3.05) is 12.8 Å². The van der Waals surface area contributed by atoms with Crippen molar-refractivity contribution in [1.29, 1.82) is 0 Å². The molecule has 0 aromatic carbocycles. The van der Waals surface area contributed by atoms with Crippen LogP contribution >= 0.6 is 0 Å². The number of alkyl halides is 3. The lowest BCUT2D eigenvalue weighted by Gasteiger charge is -2.16. The minimum Gasteiger partial charge on any atom is -0.491 e. The predicted octanol–water partition coefficient (Wildman–Crippen LogP) is 1.03. The molecule has 5 nitrogen and oxygen atoms in total. The van der Waals surface area contributed by atoms with Crippen molar-refractivity contribution in [1.82, 2.24) is 4.98 Å². The number of nitrogens with zero attached hydrogens (tertiary/aromatic N) is 1. The molecule has 1 aromatic rings. The highest BCUT2D eigenvalue weighted by atomic mass is 19.4. The van der Waals surface area contributed by atoms with Crippen LogP contribution in [0.15, 0.2) is 6.20 Å². The molecule has 0 fully saturated rings. The number of anilines is 1. The van der Waals surface area contributed by atoms with Crippen LogP contribution in [0.1, 0.15) is 5.56 Å². The Kier molecular flexibility index (Phi) is 3.43. The van der Waals surface area contributed by atoms with Crippen molar-refractivity contribution in [3.05, 3.63) is 11.8 Å². The van der Waals surface area contributed by atoms with Crippen LogP contribution in [-0.4, -0.2) is 18.5 Å². The van der Waals surface area contributed by atoms with E-state index in [0.29, 0.717) is 0 Å². The summed E-state index contributed by atoms with van der Waals surface area (Å²) in [5.41, 5.74) is 10.6. The van der Waals surface area contributed by atoms with Crippen LogP contribution in [0, 0.1) is 0 Å². The first-order chi connectivity index (χ1) is 7.39. The maximum atomic E-state index is 12.1. The summed E-state index contributed by atoms with van der Waals surface area (Å²) < 4.78 is 44.9. The Balaban J connectivity index is 3.25. The molecule has 0 saturated heterocycles. The molecule has 1 rings (SSSR count). The number of hydrogen-bond acceptors (Lipinski definition) is 5. The normalized spacial score (nSPS) is 11.3. The fourth-order valence-corrected chi connectivity index (χ4v) is 1.10. The van der Waals surface area contributed by atoms with Crippen molar-refractivity contribution in [3.8, 4) is 11.5 Å². The number of halogens is 3. The second-order valence-electron chi connectivity index (χ2n) is 2.77. The first-order valence-corrected chi connectivity index (χ1v) is 4.16. The fourth-order valence-electron chi connectivity index (χ4n) is 1.10. The quantitative estimate of drug-likeness (QED) is 0.820. The van der Waals surface area contributed by atoms with Gasteiger partial charge >= 0.3 is 6.36 Å². The average Bonchev–Trinajstić information content (AvgIpc) is 2.16. The van der Waals surface area contributed by atoms with E-state index in [-0.39, 0.29) is 23.7 Å². The Morgan fingerprint density at radius 2 is 2.06 bits per heavy atom. The van der Waals surface area contributed by atoms with Gasteiger partial charge in [-0.25, -0.2) is 4.98 Å². The molecule has 0 saturated carbocycles. The molecule has 0 unspecified atom stereocenters. The van der Waals surface area contributed by atoms with Gasteiger partial charge in [-0.2, -0.15) is 0 Å². The average molecular weight is 237 g/mol. The van der Waals surface area contributed by atoms with Gasteiger partial charge in [0, 0.05) is 6.54 Å². The number of ether oxygens (including phenoxy) is 2. The molecule has 0 bridgehead atoms. The minimum absolute atomic E-state index is 0.0447. The molecular formula is C8H10F3N3O2. The lowest BCUT2D eigenvalue weighted by atomic mass is 10.2. The topological polar surface area (TPSA) is 83.4 Å². The number of hydrogen-bond donors (Lipinski definition) is 2. The Hall–Kier alpha value is -1.70. The second-order valence-corrected chi connectivity index (χ2v) is 2.77. The van der Waals surface area contributed by atoms with Crippen LogP contribution in [0.2, 0.25) is 0 Å². The molecule has 4 N–H and O–H groups in total. The first kappa shape index (κ1) is 12.4. The Labute approximate surface area is 89.1 Å². The van der Waals surface area contributed by atoms with Crippen LogP contribution in [0.4, 0.5) is 19.0 Å². The van der Waals surface area contributed by atoms with Gasteiger partial charge in [-0.1, -0.05) is 0 Å². The summed E-state index contributed by atoms with van der Waals surface area (Å²) in [6, 6.07) is 0. The van der Waals surface area contributed by atoms with Crippen molar-refractivity contribution >= 4 is 5.82 Å². The van der Waals surface area contributed by atoms with E-state index < -0.39 is 12.1 Å². The van der Waals surface area contributed by atoms with Gasteiger partial charge in [0.05, 0.1) is 18.9 Å². The zero-order chi connectivity index (χ0) is 12.3. The molecule has 0 aliphatic carbocycles.